The smallest absolute Gasteiger partial charge is 0.387 e. The van der Waals surface area contributed by atoms with E-state index in [0.29, 0.717) is 18.1 Å². The molecule has 35 heavy (non-hydrogen) atoms. The number of aliphatic carboxylic acids is 1. The number of hydrogen-bond acceptors (Lipinski definition) is 8. The number of carboxylic acid groups (broad SMARTS) is 1. The van der Waals surface area contributed by atoms with E-state index in [9.17, 15) is 23.5 Å². The molecule has 2 fully saturated rings. The first-order valence-corrected chi connectivity index (χ1v) is 10.8. The Bertz CT molecular complexity index is 1060. The van der Waals surface area contributed by atoms with Crippen LogP contribution in [0, 0.1) is 5.92 Å². The van der Waals surface area contributed by atoms with Crippen molar-refractivity contribution in [3.05, 3.63) is 29.7 Å². The summed E-state index contributed by atoms with van der Waals surface area (Å²) in [6.45, 7) is -0.938. The first-order chi connectivity index (χ1) is 16.2. The molecule has 1 aromatic heterocycles. The Labute approximate surface area is 205 Å². The number of carboxylic acids is 1. The van der Waals surface area contributed by atoms with Gasteiger partial charge in [0, 0.05) is 12.1 Å². The number of amides is 1. The highest BCUT2D eigenvalue weighted by molar-refractivity contribution is 5.94. The van der Waals surface area contributed by atoms with Crippen LogP contribution in [0.5, 0.6) is 11.5 Å². The molecule has 2 aromatic rings. The number of nitrogens with two attached hydrogens (primary N) is 1. The fraction of sp³-hybridized carbons (Fsp3) is 0.500. The van der Waals surface area contributed by atoms with Gasteiger partial charge in [-0.1, -0.05) is 0 Å². The van der Waals surface area contributed by atoms with Crippen molar-refractivity contribution in [1.82, 2.24) is 9.88 Å². The van der Waals surface area contributed by atoms with Crippen LogP contribution in [0.15, 0.2) is 22.6 Å². The Kier molecular flexibility index (Phi) is 8.51. The third-order valence-electron chi connectivity index (χ3n) is 5.48. The maximum Gasteiger partial charge on any atom is 0.387 e. The Balaban J connectivity index is 0.00000342. The topological polar surface area (TPSA) is 137 Å². The van der Waals surface area contributed by atoms with Gasteiger partial charge >= 0.3 is 12.6 Å². The first kappa shape index (κ1) is 26.6. The van der Waals surface area contributed by atoms with Gasteiger partial charge in [0.25, 0.3) is 5.91 Å². The van der Waals surface area contributed by atoms with E-state index in [2.05, 4.69) is 9.72 Å². The Morgan fingerprint density at radius 1 is 1.31 bits per heavy atom. The van der Waals surface area contributed by atoms with Gasteiger partial charge in [-0.25, -0.2) is 9.78 Å². The number of carbonyl (C=O) groups excluding carboxylic acids is 1. The van der Waals surface area contributed by atoms with Gasteiger partial charge in [-0.15, -0.1) is 12.4 Å². The molecule has 1 aromatic carbocycles. The second-order valence-corrected chi connectivity index (χ2v) is 8.26. The summed E-state index contributed by atoms with van der Waals surface area (Å²) in [5.41, 5.74) is 6.32. The lowest BCUT2D eigenvalue weighted by Crippen LogP contribution is -2.48. The summed E-state index contributed by atoms with van der Waals surface area (Å²) in [5, 5.41) is 9.20. The van der Waals surface area contributed by atoms with E-state index in [4.69, 9.17) is 19.6 Å². The number of morpholine rings is 1. The predicted octanol–water partition coefficient (Wildman–Crippen LogP) is 3.10. The molecule has 2 aliphatic rings. The van der Waals surface area contributed by atoms with E-state index in [-0.39, 0.29) is 60.9 Å². The van der Waals surface area contributed by atoms with Crippen LogP contribution in [0.25, 0.3) is 11.5 Å². The lowest BCUT2D eigenvalue weighted by atomic mass is 10.2. The average Bonchev–Trinajstić information content (AvgIpc) is 3.52. The molecule has 10 nitrogen and oxygen atoms in total. The van der Waals surface area contributed by atoms with Crippen molar-refractivity contribution in [1.29, 1.82) is 0 Å². The summed E-state index contributed by atoms with van der Waals surface area (Å²) in [6, 6.07) is 3.55. The fourth-order valence-electron chi connectivity index (χ4n) is 3.49. The lowest BCUT2D eigenvalue weighted by Gasteiger charge is -2.30. The quantitative estimate of drug-likeness (QED) is 0.513. The minimum atomic E-state index is -3.02. The molecule has 3 N–H and O–H groups in total. The summed E-state index contributed by atoms with van der Waals surface area (Å²) in [5.74, 6) is -1.19. The van der Waals surface area contributed by atoms with Gasteiger partial charge < -0.3 is 34.4 Å². The van der Waals surface area contributed by atoms with E-state index < -0.39 is 30.6 Å². The van der Waals surface area contributed by atoms with Crippen LogP contribution >= 0.6 is 12.4 Å². The molecule has 1 saturated heterocycles. The highest BCUT2D eigenvalue weighted by Gasteiger charge is 2.33. The molecule has 4 rings (SSSR count). The molecule has 13 heteroatoms. The third kappa shape index (κ3) is 6.38. The zero-order chi connectivity index (χ0) is 24.4. The number of nitrogens with zero attached hydrogens (tertiary/aromatic N) is 2. The number of hydrogen-bond donors (Lipinski definition) is 2. The number of alkyl halides is 2. The summed E-state index contributed by atoms with van der Waals surface area (Å²) in [6.07, 6.45) is 0.881. The monoisotopic (exact) mass is 517 g/mol. The largest absolute Gasteiger partial charge is 0.489 e. The maximum absolute atomic E-state index is 13.1. The molecule has 0 radical (unpaired) electrons. The summed E-state index contributed by atoms with van der Waals surface area (Å²) >= 11 is 0. The van der Waals surface area contributed by atoms with Crippen LogP contribution in [-0.4, -0.2) is 65.9 Å². The highest BCUT2D eigenvalue weighted by Crippen LogP contribution is 2.37. The van der Waals surface area contributed by atoms with Gasteiger partial charge in [0.2, 0.25) is 5.89 Å². The van der Waals surface area contributed by atoms with Crippen molar-refractivity contribution in [2.45, 2.75) is 38.5 Å². The molecule has 1 amide bonds. The molecule has 0 spiro atoms. The van der Waals surface area contributed by atoms with E-state index in [0.717, 1.165) is 12.8 Å². The van der Waals surface area contributed by atoms with Crippen molar-refractivity contribution >= 4 is 24.3 Å². The normalized spacial score (nSPS) is 18.7. The molecule has 2 heterocycles. The van der Waals surface area contributed by atoms with E-state index >= 15 is 0 Å². The van der Waals surface area contributed by atoms with Crippen LogP contribution in [0.3, 0.4) is 0 Å². The number of benzene rings is 1. The summed E-state index contributed by atoms with van der Waals surface area (Å²) < 4.78 is 46.8. The zero-order valence-corrected chi connectivity index (χ0v) is 19.6. The molecular formula is C22H26ClF2N3O7. The molecule has 2 unspecified atom stereocenters. The maximum atomic E-state index is 13.1. The van der Waals surface area contributed by atoms with Crippen molar-refractivity contribution < 1.29 is 42.1 Å². The van der Waals surface area contributed by atoms with Crippen LogP contribution in [-0.2, 0) is 9.53 Å². The van der Waals surface area contributed by atoms with Gasteiger partial charge in [-0.2, -0.15) is 8.78 Å². The Morgan fingerprint density at radius 2 is 2.06 bits per heavy atom. The highest BCUT2D eigenvalue weighted by atomic mass is 35.5. The lowest BCUT2D eigenvalue weighted by molar-refractivity contribution is -0.154. The van der Waals surface area contributed by atoms with Crippen LogP contribution in [0.1, 0.15) is 42.1 Å². The van der Waals surface area contributed by atoms with Crippen molar-refractivity contribution in [2.24, 2.45) is 11.7 Å². The SMILES string of the molecule is CC(N)c1oc(-c2ccc(OC(F)F)c(OCC3CC3)c2)nc1C(=O)N1CCOC(C(=O)O)C1.Cl. The Morgan fingerprint density at radius 3 is 2.69 bits per heavy atom. The average molecular weight is 518 g/mol. The van der Waals surface area contributed by atoms with Gasteiger partial charge in [0.15, 0.2) is 29.1 Å². The summed E-state index contributed by atoms with van der Waals surface area (Å²) in [4.78, 5) is 30.0. The second-order valence-electron chi connectivity index (χ2n) is 8.26. The van der Waals surface area contributed by atoms with Gasteiger partial charge in [0.1, 0.15) is 0 Å². The molecule has 0 bridgehead atoms. The zero-order valence-electron chi connectivity index (χ0n) is 18.8. The number of carbonyl (C=O) groups is 2. The minimum Gasteiger partial charge on any atom is -0.489 e. The van der Waals surface area contributed by atoms with Crippen molar-refractivity contribution in [3.63, 3.8) is 0 Å². The number of ether oxygens (including phenoxy) is 3. The molecule has 192 valence electrons. The number of rotatable bonds is 9. The molecular weight excluding hydrogens is 492 g/mol. The standard InChI is InChI=1S/C22H25F2N3O7.ClH/c1-11(25)18-17(20(28)27-6-7-31-16(9-27)21(29)30)26-19(34-18)13-4-5-14(33-22(23)24)15(8-13)32-10-12-2-3-12;/h4-5,8,11-12,16,22H,2-3,6-7,9-10,25H2,1H3,(H,29,30);1H. The van der Waals surface area contributed by atoms with Crippen LogP contribution in [0.2, 0.25) is 0 Å². The van der Waals surface area contributed by atoms with Crippen molar-refractivity contribution in [2.75, 3.05) is 26.3 Å². The van der Waals surface area contributed by atoms with E-state index in [1.54, 1.807) is 6.92 Å². The first-order valence-electron chi connectivity index (χ1n) is 10.8. The third-order valence-corrected chi connectivity index (χ3v) is 5.48. The number of aromatic nitrogens is 1. The number of halogens is 3. The molecule has 1 aliphatic carbocycles. The summed E-state index contributed by atoms with van der Waals surface area (Å²) in [7, 11) is 0. The van der Waals surface area contributed by atoms with Gasteiger partial charge in [0.05, 0.1) is 25.8 Å². The Hall–Kier alpha value is -2.96. The molecule has 2 atom stereocenters. The van der Waals surface area contributed by atoms with Crippen LogP contribution in [0.4, 0.5) is 8.78 Å². The molecule has 1 saturated carbocycles. The molecule has 1 aliphatic heterocycles. The van der Waals surface area contributed by atoms with Gasteiger partial charge in [-0.05, 0) is 43.9 Å². The van der Waals surface area contributed by atoms with Crippen LogP contribution < -0.4 is 15.2 Å². The fourth-order valence-corrected chi connectivity index (χ4v) is 3.49. The van der Waals surface area contributed by atoms with E-state index in [1.807, 2.05) is 0 Å². The van der Waals surface area contributed by atoms with Gasteiger partial charge in [-0.3, -0.25) is 4.79 Å². The predicted molar refractivity (Wildman–Crippen MR) is 120 cm³/mol. The minimum absolute atomic E-state index is 0. The number of oxazole rings is 1. The van der Waals surface area contributed by atoms with Crippen molar-refractivity contribution in [3.8, 4) is 23.0 Å². The van der Waals surface area contributed by atoms with E-state index in [1.165, 1.54) is 23.1 Å². The second kappa shape index (κ2) is 11.2.